The molecule has 0 aliphatic carbocycles. The molecule has 0 unspecified atom stereocenters. The maximum Gasteiger partial charge on any atom is 0.282 e. The lowest BCUT2D eigenvalue weighted by atomic mass is 9.98. The van der Waals surface area contributed by atoms with E-state index in [9.17, 15) is 4.79 Å². The Balaban J connectivity index is 1.64. The van der Waals surface area contributed by atoms with Gasteiger partial charge in [0.1, 0.15) is 5.75 Å². The summed E-state index contributed by atoms with van der Waals surface area (Å²) in [5.74, 6) is 1.07. The average Bonchev–Trinajstić information content (AvgIpc) is 2.80. The minimum Gasteiger partial charge on any atom is -0.496 e. The highest BCUT2D eigenvalue weighted by atomic mass is 16.5. The van der Waals surface area contributed by atoms with Crippen LogP contribution in [-0.2, 0) is 0 Å². The monoisotopic (exact) mass is 430 g/mol. The predicted molar refractivity (Wildman–Crippen MR) is 127 cm³/mol. The summed E-state index contributed by atoms with van der Waals surface area (Å²) in [6, 6.07) is 11.7. The van der Waals surface area contributed by atoms with Crippen LogP contribution in [-0.4, -0.2) is 58.9 Å². The number of benzene rings is 2. The van der Waals surface area contributed by atoms with Crippen molar-refractivity contribution in [3.8, 4) is 22.8 Å². The number of hydrogen-bond acceptors (Lipinski definition) is 7. The predicted octanol–water partition coefficient (Wildman–Crippen LogP) is 3.13. The van der Waals surface area contributed by atoms with Gasteiger partial charge in [-0.15, -0.1) is 0 Å². The molecule has 0 atom stereocenters. The highest BCUT2D eigenvalue weighted by molar-refractivity contribution is 5.87. The zero-order valence-electron chi connectivity index (χ0n) is 18.7. The molecule has 4 rings (SSSR count). The number of nitrogens with zero attached hydrogens (tertiary/aromatic N) is 5. The number of likely N-dealkylation sites (N-methyl/N-ethyl adjacent to an activating group) is 1. The van der Waals surface area contributed by atoms with Gasteiger partial charge in [-0.05, 0) is 55.9 Å². The Hall–Kier alpha value is -3.78. The van der Waals surface area contributed by atoms with Crippen molar-refractivity contribution in [1.29, 1.82) is 0 Å². The second-order valence-corrected chi connectivity index (χ2v) is 7.80. The number of fused-ring (bicyclic) bond motifs is 1. The van der Waals surface area contributed by atoms with Gasteiger partial charge in [0.2, 0.25) is 0 Å². The minimum absolute atomic E-state index is 0.239. The summed E-state index contributed by atoms with van der Waals surface area (Å²) in [7, 11) is 5.69. The Labute approximate surface area is 186 Å². The van der Waals surface area contributed by atoms with Gasteiger partial charge in [0.05, 0.1) is 36.8 Å². The third-order valence-corrected chi connectivity index (χ3v) is 5.32. The van der Waals surface area contributed by atoms with Crippen LogP contribution in [0.4, 0.5) is 5.69 Å². The van der Waals surface area contributed by atoms with Crippen LogP contribution in [0.25, 0.3) is 27.8 Å². The molecule has 2 aromatic carbocycles. The molecule has 0 aliphatic rings. The summed E-state index contributed by atoms with van der Waals surface area (Å²) < 4.78 is 6.66. The van der Waals surface area contributed by atoms with Crippen molar-refractivity contribution in [3.05, 3.63) is 70.9 Å². The number of ether oxygens (including phenoxy) is 1. The highest BCUT2D eigenvalue weighted by Crippen LogP contribution is 2.31. The minimum atomic E-state index is -0.260. The van der Waals surface area contributed by atoms with E-state index in [4.69, 9.17) is 4.74 Å². The van der Waals surface area contributed by atoms with Crippen LogP contribution >= 0.6 is 0 Å². The number of aromatic nitrogens is 4. The Bertz CT molecular complexity index is 1300. The molecular weight excluding hydrogens is 404 g/mol. The Morgan fingerprint density at radius 1 is 1.09 bits per heavy atom. The summed E-state index contributed by atoms with van der Waals surface area (Å²) >= 11 is 0. The van der Waals surface area contributed by atoms with Crippen molar-refractivity contribution >= 4 is 16.5 Å². The Kier molecular flexibility index (Phi) is 6.13. The van der Waals surface area contributed by atoms with E-state index in [1.54, 1.807) is 25.7 Å². The van der Waals surface area contributed by atoms with Crippen molar-refractivity contribution in [2.75, 3.05) is 39.6 Å². The van der Waals surface area contributed by atoms with Crippen molar-refractivity contribution < 1.29 is 4.74 Å². The fourth-order valence-corrected chi connectivity index (χ4v) is 3.55. The van der Waals surface area contributed by atoms with Gasteiger partial charge in [0.25, 0.3) is 11.5 Å². The summed E-state index contributed by atoms with van der Waals surface area (Å²) in [5.41, 5.74) is 3.63. The van der Waals surface area contributed by atoms with Crippen LogP contribution in [0.3, 0.4) is 0 Å². The van der Waals surface area contributed by atoms with Gasteiger partial charge in [0.15, 0.2) is 0 Å². The van der Waals surface area contributed by atoms with Crippen LogP contribution < -0.4 is 15.6 Å². The largest absolute Gasteiger partial charge is 0.496 e. The van der Waals surface area contributed by atoms with E-state index in [2.05, 4.69) is 25.3 Å². The van der Waals surface area contributed by atoms with E-state index in [1.807, 2.05) is 57.4 Å². The second-order valence-electron chi connectivity index (χ2n) is 7.80. The van der Waals surface area contributed by atoms with Crippen LogP contribution in [0.2, 0.25) is 0 Å². The highest BCUT2D eigenvalue weighted by Gasteiger charge is 2.12. The van der Waals surface area contributed by atoms with Crippen molar-refractivity contribution in [2.45, 2.75) is 6.92 Å². The van der Waals surface area contributed by atoms with Gasteiger partial charge >= 0.3 is 0 Å². The molecular formula is C24H26N6O2. The molecule has 0 fully saturated rings. The van der Waals surface area contributed by atoms with Crippen LogP contribution in [0.5, 0.6) is 5.75 Å². The lowest BCUT2D eigenvalue weighted by Crippen LogP contribution is -2.23. The first-order valence-corrected chi connectivity index (χ1v) is 10.3. The van der Waals surface area contributed by atoms with Crippen molar-refractivity contribution in [2.24, 2.45) is 0 Å². The van der Waals surface area contributed by atoms with E-state index >= 15 is 0 Å². The number of nitrogens with one attached hydrogen (secondary N) is 1. The van der Waals surface area contributed by atoms with Crippen LogP contribution in [0.1, 0.15) is 5.56 Å². The maximum atomic E-state index is 13.1. The lowest BCUT2D eigenvalue weighted by molar-refractivity contribution is 0.412. The quantitative estimate of drug-likeness (QED) is 0.482. The topological polar surface area (TPSA) is 85.2 Å². The van der Waals surface area contributed by atoms with E-state index in [0.29, 0.717) is 5.39 Å². The summed E-state index contributed by atoms with van der Waals surface area (Å²) in [5, 5.41) is 8.87. The molecule has 8 nitrogen and oxygen atoms in total. The molecule has 1 N–H and O–H groups in total. The van der Waals surface area contributed by atoms with Crippen molar-refractivity contribution in [3.63, 3.8) is 0 Å². The van der Waals surface area contributed by atoms with E-state index in [-0.39, 0.29) is 11.5 Å². The third kappa shape index (κ3) is 4.31. The SMILES string of the molecule is COc1cccc(-c2ccc3c(=O)n(-c4ncc(NCCN(C)C)cn4)ncc3c2)c1C. The lowest BCUT2D eigenvalue weighted by Gasteiger charge is -2.12. The number of hydrogen-bond donors (Lipinski definition) is 1. The first-order chi connectivity index (χ1) is 15.5. The molecule has 4 aromatic rings. The van der Waals surface area contributed by atoms with Gasteiger partial charge in [-0.2, -0.15) is 9.78 Å². The first kappa shape index (κ1) is 21.5. The molecule has 0 bridgehead atoms. The summed E-state index contributed by atoms with van der Waals surface area (Å²) in [6.45, 7) is 3.69. The van der Waals surface area contributed by atoms with Gasteiger partial charge in [-0.3, -0.25) is 4.79 Å². The maximum absolute atomic E-state index is 13.1. The molecule has 2 heterocycles. The standard InChI is InChI=1S/C24H26N6O2/c1-16-20(6-5-7-22(16)32-4)17-8-9-21-18(12-17)13-28-30(23(21)31)24-26-14-19(15-27-24)25-10-11-29(2)3/h5-9,12-15,25H,10-11H2,1-4H3. The molecule has 0 aliphatic heterocycles. The normalized spacial score (nSPS) is 11.2. The summed E-state index contributed by atoms with van der Waals surface area (Å²) in [6.07, 6.45) is 4.98. The number of rotatable bonds is 7. The zero-order valence-corrected chi connectivity index (χ0v) is 18.7. The average molecular weight is 431 g/mol. The van der Waals surface area contributed by atoms with Crippen molar-refractivity contribution in [1.82, 2.24) is 24.6 Å². The zero-order chi connectivity index (χ0) is 22.7. The molecule has 0 saturated heterocycles. The summed E-state index contributed by atoms with van der Waals surface area (Å²) in [4.78, 5) is 23.8. The molecule has 164 valence electrons. The fraction of sp³-hybridized carbons (Fsp3) is 0.250. The molecule has 32 heavy (non-hydrogen) atoms. The second kappa shape index (κ2) is 9.15. The number of anilines is 1. The smallest absolute Gasteiger partial charge is 0.282 e. The van der Waals surface area contributed by atoms with E-state index in [1.165, 1.54) is 4.68 Å². The fourth-order valence-electron chi connectivity index (χ4n) is 3.55. The van der Waals surface area contributed by atoms with Gasteiger partial charge in [-0.25, -0.2) is 9.97 Å². The van der Waals surface area contributed by atoms with Gasteiger partial charge < -0.3 is 15.0 Å². The molecule has 2 aromatic heterocycles. The Morgan fingerprint density at radius 2 is 1.88 bits per heavy atom. The van der Waals surface area contributed by atoms with E-state index in [0.717, 1.165) is 46.6 Å². The molecule has 0 spiro atoms. The van der Waals surface area contributed by atoms with Gasteiger partial charge in [0, 0.05) is 18.5 Å². The molecule has 0 amide bonds. The van der Waals surface area contributed by atoms with Gasteiger partial charge in [-0.1, -0.05) is 18.2 Å². The van der Waals surface area contributed by atoms with E-state index < -0.39 is 0 Å². The molecule has 0 saturated carbocycles. The van der Waals surface area contributed by atoms with Crippen LogP contribution in [0, 0.1) is 6.92 Å². The third-order valence-electron chi connectivity index (χ3n) is 5.32. The molecule has 0 radical (unpaired) electrons. The molecule has 8 heteroatoms. The Morgan fingerprint density at radius 3 is 2.59 bits per heavy atom. The number of methoxy groups -OCH3 is 1. The van der Waals surface area contributed by atoms with Crippen LogP contribution in [0.15, 0.2) is 59.8 Å². The first-order valence-electron chi connectivity index (χ1n) is 10.3.